The van der Waals surface area contributed by atoms with Crippen molar-refractivity contribution in [1.29, 1.82) is 0 Å². The molecule has 0 amide bonds. The van der Waals surface area contributed by atoms with Gasteiger partial charge in [0.05, 0.1) is 29.3 Å². The number of hydrogen-bond donors (Lipinski definition) is 1. The van der Waals surface area contributed by atoms with E-state index in [-0.39, 0.29) is 0 Å². The molecule has 5 heteroatoms. The van der Waals surface area contributed by atoms with Crippen molar-refractivity contribution in [2.24, 2.45) is 0 Å². The fraction of sp³-hybridized carbons (Fsp3) is 0.417. The number of halogens is 1. The fourth-order valence-corrected chi connectivity index (χ4v) is 3.61. The van der Waals surface area contributed by atoms with Gasteiger partial charge in [-0.1, -0.05) is 15.9 Å². The number of fused-ring (bicyclic) bond motifs is 1. The van der Waals surface area contributed by atoms with Crippen molar-refractivity contribution in [2.45, 2.75) is 12.0 Å². The van der Waals surface area contributed by atoms with Gasteiger partial charge in [0.1, 0.15) is 5.01 Å². The Bertz CT molecular complexity index is 542. The zero-order valence-electron chi connectivity index (χ0n) is 9.44. The number of hydrogen-bond acceptors (Lipinski definition) is 4. The molecular formula is C12H13BrN2OS. The van der Waals surface area contributed by atoms with Crippen LogP contribution in [0, 0.1) is 0 Å². The minimum absolute atomic E-state index is 0.385. The maximum atomic E-state index is 5.53. The van der Waals surface area contributed by atoms with E-state index in [9.17, 15) is 0 Å². The molecule has 1 N–H and O–H groups in total. The number of rotatable bonds is 2. The first-order valence-corrected chi connectivity index (χ1v) is 7.20. The van der Waals surface area contributed by atoms with Gasteiger partial charge in [-0.25, -0.2) is 4.98 Å². The van der Waals surface area contributed by atoms with E-state index in [2.05, 4.69) is 39.4 Å². The second-order valence-corrected chi connectivity index (χ2v) is 6.18. The summed E-state index contributed by atoms with van der Waals surface area (Å²) in [5.41, 5.74) is 1.07. The van der Waals surface area contributed by atoms with Gasteiger partial charge >= 0.3 is 0 Å². The lowest BCUT2D eigenvalue weighted by molar-refractivity contribution is 0.188. The van der Waals surface area contributed by atoms with Gasteiger partial charge in [-0.2, -0.15) is 0 Å². The molecule has 3 nitrogen and oxygen atoms in total. The molecule has 0 saturated carbocycles. The van der Waals surface area contributed by atoms with Crippen LogP contribution in [-0.4, -0.2) is 31.3 Å². The Morgan fingerprint density at radius 2 is 2.35 bits per heavy atom. The largest absolute Gasteiger partial charge is 0.379 e. The highest BCUT2D eigenvalue weighted by Gasteiger charge is 2.30. The molecule has 1 aliphatic rings. The second kappa shape index (κ2) is 4.65. The molecule has 2 aromatic rings. The topological polar surface area (TPSA) is 34.1 Å². The van der Waals surface area contributed by atoms with Gasteiger partial charge in [0.15, 0.2) is 0 Å². The first-order valence-electron chi connectivity index (χ1n) is 5.59. The van der Waals surface area contributed by atoms with Crippen molar-refractivity contribution in [3.05, 3.63) is 27.7 Å². The van der Waals surface area contributed by atoms with E-state index in [1.54, 1.807) is 11.3 Å². The lowest BCUT2D eigenvalue weighted by Crippen LogP contribution is -2.30. The Hall–Kier alpha value is -0.490. The predicted molar refractivity (Wildman–Crippen MR) is 73.7 cm³/mol. The van der Waals surface area contributed by atoms with Crippen LogP contribution in [0.5, 0.6) is 0 Å². The van der Waals surface area contributed by atoms with Gasteiger partial charge in [-0.3, -0.25) is 0 Å². The van der Waals surface area contributed by atoms with Gasteiger partial charge < -0.3 is 10.1 Å². The summed E-state index contributed by atoms with van der Waals surface area (Å²) in [5, 5.41) is 4.48. The van der Waals surface area contributed by atoms with Gasteiger partial charge in [-0.15, -0.1) is 11.3 Å². The highest BCUT2D eigenvalue weighted by atomic mass is 79.9. The summed E-state index contributed by atoms with van der Waals surface area (Å²) in [7, 11) is 1.98. The van der Waals surface area contributed by atoms with Gasteiger partial charge in [0, 0.05) is 10.5 Å². The third-order valence-corrected chi connectivity index (χ3v) is 4.80. The molecule has 90 valence electrons. The first kappa shape index (κ1) is 11.6. The van der Waals surface area contributed by atoms with Crippen LogP contribution in [0.2, 0.25) is 0 Å². The molecular weight excluding hydrogens is 300 g/mol. The van der Waals surface area contributed by atoms with Crippen LogP contribution in [0.3, 0.4) is 0 Å². The molecule has 1 aliphatic heterocycles. The summed E-state index contributed by atoms with van der Waals surface area (Å²) in [6.45, 7) is 1.55. The third-order valence-electron chi connectivity index (χ3n) is 3.13. The molecule has 17 heavy (non-hydrogen) atoms. The summed E-state index contributed by atoms with van der Waals surface area (Å²) in [6, 6.07) is 6.63. The molecule has 0 bridgehead atoms. The molecule has 2 heterocycles. The van der Waals surface area contributed by atoms with E-state index in [4.69, 9.17) is 9.72 Å². The van der Waals surface area contributed by atoms with Crippen LogP contribution in [0.1, 0.15) is 10.9 Å². The maximum Gasteiger partial charge on any atom is 0.101 e. The van der Waals surface area contributed by atoms with E-state index >= 15 is 0 Å². The Kier molecular flexibility index (Phi) is 3.17. The Balaban J connectivity index is 2.00. The van der Waals surface area contributed by atoms with Crippen LogP contribution >= 0.6 is 27.3 Å². The number of aromatic nitrogens is 1. The normalized spacial score (nSPS) is 24.6. The average Bonchev–Trinajstić information content (AvgIpc) is 2.93. The van der Waals surface area contributed by atoms with E-state index in [1.165, 1.54) is 9.71 Å². The van der Waals surface area contributed by atoms with Crippen LogP contribution in [0.15, 0.2) is 22.7 Å². The summed E-state index contributed by atoms with van der Waals surface area (Å²) < 4.78 is 7.85. The molecule has 0 aliphatic carbocycles. The van der Waals surface area contributed by atoms with Crippen molar-refractivity contribution >= 4 is 37.5 Å². The summed E-state index contributed by atoms with van der Waals surface area (Å²) in [6.07, 6.45) is 0. The molecule has 1 aromatic heterocycles. The Labute approximate surface area is 112 Å². The minimum atomic E-state index is 0.385. The Morgan fingerprint density at radius 3 is 3.18 bits per heavy atom. The molecule has 0 radical (unpaired) electrons. The quantitative estimate of drug-likeness (QED) is 0.926. The number of likely N-dealkylation sites (N-methyl/N-ethyl adjacent to an activating group) is 1. The smallest absolute Gasteiger partial charge is 0.101 e. The molecule has 3 rings (SSSR count). The van der Waals surface area contributed by atoms with Gasteiger partial charge in [0.25, 0.3) is 0 Å². The molecule has 1 saturated heterocycles. The SMILES string of the molecule is CNC1COCC1c1nc2cc(Br)ccc2s1. The molecule has 0 spiro atoms. The van der Waals surface area contributed by atoms with Gasteiger partial charge in [0.2, 0.25) is 0 Å². The summed E-state index contributed by atoms with van der Waals surface area (Å²) >= 11 is 5.25. The first-order chi connectivity index (χ1) is 8.28. The summed E-state index contributed by atoms with van der Waals surface area (Å²) in [4.78, 5) is 4.72. The van der Waals surface area contributed by atoms with Crippen LogP contribution < -0.4 is 5.32 Å². The lowest BCUT2D eigenvalue weighted by atomic mass is 10.1. The van der Waals surface area contributed by atoms with Crippen LogP contribution in [0.25, 0.3) is 10.2 Å². The number of ether oxygens (including phenoxy) is 1. The van der Waals surface area contributed by atoms with Gasteiger partial charge in [-0.05, 0) is 25.2 Å². The zero-order valence-corrected chi connectivity index (χ0v) is 11.8. The number of benzene rings is 1. The van der Waals surface area contributed by atoms with E-state index in [0.29, 0.717) is 12.0 Å². The Morgan fingerprint density at radius 1 is 1.47 bits per heavy atom. The predicted octanol–water partition coefficient (Wildman–Crippen LogP) is 2.76. The number of nitrogens with one attached hydrogen (secondary N) is 1. The molecule has 2 atom stereocenters. The zero-order chi connectivity index (χ0) is 11.8. The fourth-order valence-electron chi connectivity index (χ4n) is 2.16. The summed E-state index contributed by atoms with van der Waals surface area (Å²) in [5.74, 6) is 0.385. The average molecular weight is 313 g/mol. The lowest BCUT2D eigenvalue weighted by Gasteiger charge is -2.13. The minimum Gasteiger partial charge on any atom is -0.379 e. The monoisotopic (exact) mass is 312 g/mol. The van der Waals surface area contributed by atoms with Crippen LogP contribution in [0.4, 0.5) is 0 Å². The number of nitrogens with zero attached hydrogens (tertiary/aromatic N) is 1. The second-order valence-electron chi connectivity index (χ2n) is 4.20. The third kappa shape index (κ3) is 2.12. The van der Waals surface area contributed by atoms with E-state index in [1.807, 2.05) is 7.05 Å². The standard InChI is InChI=1S/C12H13BrN2OS/c1-14-10-6-16-5-8(10)12-15-9-4-7(13)2-3-11(9)17-12/h2-4,8,10,14H,5-6H2,1H3. The van der Waals surface area contributed by atoms with Crippen molar-refractivity contribution < 1.29 is 4.74 Å². The van der Waals surface area contributed by atoms with Crippen molar-refractivity contribution in [3.8, 4) is 0 Å². The van der Waals surface area contributed by atoms with E-state index in [0.717, 1.165) is 23.2 Å². The molecule has 2 unspecified atom stereocenters. The molecule has 1 aromatic carbocycles. The highest BCUT2D eigenvalue weighted by Crippen LogP contribution is 2.33. The van der Waals surface area contributed by atoms with Crippen molar-refractivity contribution in [2.75, 3.05) is 20.3 Å². The number of thiazole rings is 1. The van der Waals surface area contributed by atoms with E-state index < -0.39 is 0 Å². The van der Waals surface area contributed by atoms with Crippen molar-refractivity contribution in [1.82, 2.24) is 10.3 Å². The van der Waals surface area contributed by atoms with Crippen LogP contribution in [-0.2, 0) is 4.74 Å². The highest BCUT2D eigenvalue weighted by molar-refractivity contribution is 9.10. The molecule has 1 fully saturated rings. The van der Waals surface area contributed by atoms with Crippen molar-refractivity contribution in [3.63, 3.8) is 0 Å². The maximum absolute atomic E-state index is 5.53.